The van der Waals surface area contributed by atoms with Gasteiger partial charge in [-0.05, 0) is 65.9 Å². The Morgan fingerprint density at radius 1 is 0.549 bits per heavy atom. The van der Waals surface area contributed by atoms with Gasteiger partial charge in [-0.1, -0.05) is 97.5 Å². The molecule has 1 aromatic rings. The van der Waals surface area contributed by atoms with Crippen LogP contribution >= 0.6 is 0 Å². The zero-order valence-corrected chi connectivity index (χ0v) is 33.5. The molecule has 0 heterocycles. The molecule has 4 unspecified atom stereocenters. The zero-order chi connectivity index (χ0) is 50.4. The number of carbonyl (C=O) groups excluding carboxylic acids is 3. The molecule has 71 heavy (non-hydrogen) atoms. The number of carbonyl (C=O) groups is 3. The molecule has 8 nitrogen and oxygen atoms in total. The van der Waals surface area contributed by atoms with Gasteiger partial charge >= 0.3 is 61.1 Å². The van der Waals surface area contributed by atoms with Gasteiger partial charge in [-0.3, -0.25) is 9.59 Å². The number of ether oxygens (including phenoxy) is 4. The van der Waals surface area contributed by atoms with E-state index in [9.17, 15) is 72.2 Å². The van der Waals surface area contributed by atoms with E-state index in [1.807, 2.05) is 0 Å². The highest BCUT2D eigenvalue weighted by atomic mass is 19.4. The van der Waals surface area contributed by atoms with Gasteiger partial charge in [-0.25, -0.2) is 13.6 Å². The number of benzene rings is 1. The van der Waals surface area contributed by atoms with Crippen molar-refractivity contribution in [2.45, 2.75) is 211 Å². The molecule has 0 saturated heterocycles. The lowest BCUT2D eigenvalue weighted by molar-refractivity contribution is -0.393. The topological polar surface area (TPSA) is 108 Å². The normalized spacial score (nSPS) is 15.4. The minimum Gasteiger partial charge on any atom is -0.459 e. The monoisotopic (exact) mass is 1090 g/mol. The van der Waals surface area contributed by atoms with Crippen LogP contribution in [0.3, 0.4) is 0 Å². The Balaban J connectivity index is -0.000000827. The number of rotatable bonds is 13. The maximum atomic E-state index is 17.3. The third kappa shape index (κ3) is 17.9. The lowest BCUT2D eigenvalue weighted by atomic mass is 9.66. The van der Waals surface area contributed by atoms with Crippen LogP contribution in [0, 0.1) is 11.3 Å². The largest absolute Gasteiger partial charge is 0.509 e. The number of alkyl halides is 20. The molecule has 1 N–H and O–H groups in total. The molecule has 0 spiro atoms. The average molecular weight is 1090 g/mol. The van der Waals surface area contributed by atoms with E-state index in [0.717, 1.165) is 41.5 Å². The molecular weight excluding hydrogens is 1020 g/mol. The Labute approximate surface area is 402 Å². The predicted octanol–water partition coefficient (Wildman–Crippen LogP) is 16.8. The molecule has 0 aliphatic rings. The molecule has 0 saturated carbocycles. The second-order valence-electron chi connectivity index (χ2n) is 16.0. The first-order valence-electron chi connectivity index (χ1n) is 17.5. The molecule has 430 valence electrons. The van der Waals surface area contributed by atoms with Crippen LogP contribution in [-0.4, -0.2) is 89.1 Å². The van der Waals surface area contributed by atoms with E-state index in [2.05, 4.69) is 18.9 Å². The number of hydrogen-bond donors (Lipinski definition) is 1. The minimum atomic E-state index is -7.17. The lowest BCUT2D eigenvalue weighted by Crippen LogP contribution is -2.73. The maximum absolute atomic E-state index is 17.3. The van der Waals surface area contributed by atoms with Gasteiger partial charge in [0.2, 0.25) is 5.41 Å². The highest BCUT2D eigenvalue weighted by Gasteiger charge is 2.87. The summed E-state index contributed by atoms with van der Waals surface area (Å²) in [6.07, 6.45) is -55.7. The number of aliphatic hydroxyl groups is 1. The number of hydrogen-bond acceptors (Lipinski definition) is 8. The summed E-state index contributed by atoms with van der Waals surface area (Å²) in [7, 11) is 0. The molecule has 4 atom stereocenters. The third-order valence-electron chi connectivity index (χ3n) is 8.93. The molecule has 28 heteroatoms. The van der Waals surface area contributed by atoms with Crippen LogP contribution in [0.5, 0.6) is 0 Å². The van der Waals surface area contributed by atoms with Crippen molar-refractivity contribution in [2.24, 2.45) is 11.3 Å². The quantitative estimate of drug-likeness (QED) is 0.118. The summed E-state index contributed by atoms with van der Waals surface area (Å²) in [5, 5.41) is 9.77. The average Bonchev–Trinajstić information content (AvgIpc) is 3.01. The van der Waals surface area contributed by atoms with Gasteiger partial charge in [0.15, 0.2) is 0 Å². The van der Waals surface area contributed by atoms with Crippen LogP contribution in [0.25, 0.3) is 0 Å². The van der Waals surface area contributed by atoms with Gasteiger partial charge in [-0.2, -0.15) is 79.0 Å². The van der Waals surface area contributed by atoms with Crippen molar-refractivity contribution in [2.75, 3.05) is 0 Å². The highest BCUT2D eigenvalue weighted by molar-refractivity contribution is 5.80. The molecule has 0 aliphatic heterocycles. The Morgan fingerprint density at radius 2 is 0.915 bits per heavy atom. The van der Waals surface area contributed by atoms with E-state index in [1.165, 1.54) is 0 Å². The summed E-state index contributed by atoms with van der Waals surface area (Å²) in [5.41, 5.74) is -25.8. The standard InChI is InChI=1S/C35H38F20O8.8CH4/c1-9-26(32(44,45)46,22(57)61-24(3,4)5)31(42,43)27(33(47,48)49,63-23(58)62-25(6,7)8)15-18(14-16(2)20(56)60-21(29(36,37)38)30(39,40)41)17-10-12-19(13-11-17)28(59,34(50,51)52)35(53,54)55;;;;;;;;/h10-13,16,18,21,59H,9,14-15H2,1-8H3;8*1H4. The zero-order valence-electron chi connectivity index (χ0n) is 33.5. The third-order valence-corrected chi connectivity index (χ3v) is 8.93. The van der Waals surface area contributed by atoms with Crippen molar-refractivity contribution in [3.8, 4) is 0 Å². The maximum Gasteiger partial charge on any atom is 0.509 e. The van der Waals surface area contributed by atoms with E-state index in [0.29, 0.717) is 0 Å². The van der Waals surface area contributed by atoms with Crippen molar-refractivity contribution in [3.05, 3.63) is 35.4 Å². The Hall–Kier alpha value is -4.01. The van der Waals surface area contributed by atoms with Crippen LogP contribution in [0.4, 0.5) is 92.6 Å². The first-order valence-corrected chi connectivity index (χ1v) is 17.5. The van der Waals surface area contributed by atoms with Crippen molar-refractivity contribution in [1.29, 1.82) is 0 Å². The molecule has 0 radical (unpaired) electrons. The second-order valence-corrected chi connectivity index (χ2v) is 16.0. The fraction of sp³-hybridized carbons (Fsp3) is 0.791. The summed E-state index contributed by atoms with van der Waals surface area (Å²) in [6, 6.07) is -1.06. The summed E-state index contributed by atoms with van der Waals surface area (Å²) >= 11 is 0. The second kappa shape index (κ2) is 26.3. The van der Waals surface area contributed by atoms with E-state index >= 15 is 35.1 Å². The van der Waals surface area contributed by atoms with Gasteiger partial charge in [-0.15, -0.1) is 0 Å². The first-order chi connectivity index (χ1) is 27.5. The molecule has 0 bridgehead atoms. The summed E-state index contributed by atoms with van der Waals surface area (Å²) < 4.78 is 304. The van der Waals surface area contributed by atoms with Crippen molar-refractivity contribution < 1.29 is 126 Å². The first kappa shape index (κ1) is 83.8. The number of halogens is 20. The van der Waals surface area contributed by atoms with Crippen LogP contribution < -0.4 is 0 Å². The van der Waals surface area contributed by atoms with Gasteiger partial charge in [0.1, 0.15) is 11.2 Å². The predicted molar refractivity (Wildman–Crippen MR) is 225 cm³/mol. The van der Waals surface area contributed by atoms with Crippen molar-refractivity contribution in [3.63, 3.8) is 0 Å². The summed E-state index contributed by atoms with van der Waals surface area (Å²) in [6.45, 7) is 5.10. The molecule has 0 aliphatic carbocycles. The number of esters is 2. The van der Waals surface area contributed by atoms with Gasteiger partial charge < -0.3 is 24.1 Å². The molecule has 0 aromatic heterocycles. The Bertz CT molecular complexity index is 1730. The van der Waals surface area contributed by atoms with Crippen LogP contribution in [0.15, 0.2) is 24.3 Å². The summed E-state index contributed by atoms with van der Waals surface area (Å²) in [5.74, 6) is -18.7. The smallest absolute Gasteiger partial charge is 0.459 e. The minimum absolute atomic E-state index is 0. The molecule has 1 aromatic carbocycles. The van der Waals surface area contributed by atoms with Crippen LogP contribution in [-0.2, 0) is 34.1 Å². The van der Waals surface area contributed by atoms with Gasteiger partial charge in [0.25, 0.3) is 17.3 Å². The van der Waals surface area contributed by atoms with E-state index in [4.69, 9.17) is 0 Å². The highest BCUT2D eigenvalue weighted by Crippen LogP contribution is 2.64. The molecule has 0 fully saturated rings. The lowest BCUT2D eigenvalue weighted by Gasteiger charge is -2.50. The van der Waals surface area contributed by atoms with E-state index in [1.54, 1.807) is 0 Å². The molecule has 1 rings (SSSR count). The van der Waals surface area contributed by atoms with Gasteiger partial charge in [0.05, 0.1) is 5.92 Å². The van der Waals surface area contributed by atoms with Gasteiger partial charge in [0, 0.05) is 12.0 Å². The summed E-state index contributed by atoms with van der Waals surface area (Å²) in [4.78, 5) is 38.9. The van der Waals surface area contributed by atoms with Crippen LogP contribution in [0.2, 0.25) is 0 Å². The SMILES string of the molecule is C.C.C.C.C.C.C.C.CCC(C(=O)OC(C)(C)C)(C(F)(F)F)C(F)(F)C(CC(CC(C)C(=O)OC(C(F)(F)F)C(F)(F)F)c1ccc(C(O)(C(F)(F)F)C(F)(F)F)cc1)(OC(=O)OC(C)(C)C)C(F)(F)F. The fourth-order valence-electron chi connectivity index (χ4n) is 5.94. The Morgan fingerprint density at radius 3 is 1.20 bits per heavy atom. The van der Waals surface area contributed by atoms with Crippen LogP contribution in [0.1, 0.15) is 151 Å². The fourth-order valence-corrected chi connectivity index (χ4v) is 5.94. The van der Waals surface area contributed by atoms with E-state index in [-0.39, 0.29) is 97.5 Å². The molecule has 0 amide bonds. The Kier molecular flexibility index (Phi) is 31.0. The van der Waals surface area contributed by atoms with Crippen molar-refractivity contribution >= 4 is 18.1 Å². The van der Waals surface area contributed by atoms with E-state index < -0.39 is 137 Å². The molecular formula is C43H70F20O8. The van der Waals surface area contributed by atoms with Crippen molar-refractivity contribution in [1.82, 2.24) is 0 Å².